The van der Waals surface area contributed by atoms with E-state index in [9.17, 15) is 0 Å². The molecule has 0 amide bonds. The van der Waals surface area contributed by atoms with E-state index in [0.717, 1.165) is 108 Å². The molecule has 0 atom stereocenters. The second kappa shape index (κ2) is 15.6. The van der Waals surface area contributed by atoms with Crippen molar-refractivity contribution in [3.63, 3.8) is 0 Å². The van der Waals surface area contributed by atoms with E-state index in [1.54, 1.807) is 0 Å². The molecule has 2 aromatic heterocycles. The van der Waals surface area contributed by atoms with Gasteiger partial charge in [-0.15, -0.1) is 0 Å². The van der Waals surface area contributed by atoms with Gasteiger partial charge in [0.2, 0.25) is 0 Å². The maximum atomic E-state index is 6.20. The topological polar surface area (TPSA) is 54.7 Å². The van der Waals surface area contributed by atoms with Gasteiger partial charge in [-0.25, -0.2) is 9.98 Å². The largest absolute Gasteiger partial charge is 0.494 e. The molecule has 8 bridgehead atoms. The predicted molar refractivity (Wildman–Crippen MR) is 237 cm³/mol. The van der Waals surface area contributed by atoms with Crippen molar-refractivity contribution in [2.45, 2.75) is 13.0 Å². The third-order valence-corrected chi connectivity index (χ3v) is 10.8. The Morgan fingerprint density at radius 1 is 0.448 bits per heavy atom. The zero-order chi connectivity index (χ0) is 38.7. The van der Waals surface area contributed by atoms with Gasteiger partial charge in [0.1, 0.15) is 5.75 Å². The molecule has 0 spiro atoms. The molecule has 3 aliphatic rings. The molecule has 0 unspecified atom stereocenters. The molecule has 0 saturated carbocycles. The predicted octanol–water partition coefficient (Wildman–Crippen LogP) is 9.94. The Morgan fingerprint density at radius 3 is 1.41 bits per heavy atom. The molecule has 5 aromatic carbocycles. The van der Waals surface area contributed by atoms with Crippen molar-refractivity contribution < 1.29 is 4.74 Å². The summed E-state index contributed by atoms with van der Waals surface area (Å²) in [5.74, 6) is 0.877. The number of aliphatic imine (C=N–C) groups is 2. The van der Waals surface area contributed by atoms with E-state index in [1.807, 2.05) is 30.3 Å². The number of aryl methyl sites for hydroxylation is 1. The maximum absolute atomic E-state index is 6.20. The van der Waals surface area contributed by atoms with Crippen LogP contribution in [0.15, 0.2) is 222 Å². The number of benzene rings is 5. The van der Waals surface area contributed by atoms with Crippen LogP contribution in [0.5, 0.6) is 5.75 Å². The summed E-state index contributed by atoms with van der Waals surface area (Å²) in [5, 5.41) is 1.97. The first-order valence-corrected chi connectivity index (χ1v) is 19.8. The molecule has 0 aliphatic carbocycles. The van der Waals surface area contributed by atoms with Crippen LogP contribution in [0.3, 0.4) is 0 Å². The van der Waals surface area contributed by atoms with Gasteiger partial charge >= 0.3 is 0 Å². The van der Waals surface area contributed by atoms with Gasteiger partial charge in [-0.1, -0.05) is 140 Å². The summed E-state index contributed by atoms with van der Waals surface area (Å²) in [7, 11) is 0. The highest BCUT2D eigenvalue weighted by molar-refractivity contribution is 6.31. The molecule has 5 heteroatoms. The third kappa shape index (κ3) is 6.84. The zero-order valence-corrected chi connectivity index (χ0v) is 31.9. The molecular formula is C53H40N4O. The Morgan fingerprint density at radius 2 is 0.897 bits per heavy atom. The lowest BCUT2D eigenvalue weighted by Crippen LogP contribution is -2.21. The van der Waals surface area contributed by atoms with E-state index in [2.05, 4.69) is 180 Å². The van der Waals surface area contributed by atoms with Crippen molar-refractivity contribution in [3.05, 3.63) is 256 Å². The van der Waals surface area contributed by atoms with Crippen LogP contribution in [0.25, 0.3) is 22.3 Å². The number of allylic oxidation sites excluding steroid dienone is 4. The highest BCUT2D eigenvalue weighted by atomic mass is 16.5. The number of nitrogens with zero attached hydrogens (tertiary/aromatic N) is 3. The SMILES string of the molecule is C1=CC2=C(c3ccccc3)c3cc(n(CCCOc4ccccc4)c3)C(c3ccccc3)=C3C=CC(=N3)C(c3ccccc3)=c3ccc([nH]3)=C(c3ccccc3)C1=N2. The Labute approximate surface area is 338 Å². The molecule has 58 heavy (non-hydrogen) atoms. The molecule has 278 valence electrons. The molecule has 3 aliphatic heterocycles. The van der Waals surface area contributed by atoms with Crippen molar-refractivity contribution in [3.8, 4) is 5.75 Å². The number of hydrogen-bond acceptors (Lipinski definition) is 3. The quantitative estimate of drug-likeness (QED) is 0.147. The number of rotatable bonds is 9. The van der Waals surface area contributed by atoms with Gasteiger partial charge in [-0.2, -0.15) is 0 Å². The Balaban J connectivity index is 1.26. The van der Waals surface area contributed by atoms with Crippen LogP contribution in [-0.4, -0.2) is 27.6 Å². The first-order chi connectivity index (χ1) is 28.8. The van der Waals surface area contributed by atoms with Crippen molar-refractivity contribution >= 4 is 33.7 Å². The average molecular weight is 749 g/mol. The zero-order valence-electron chi connectivity index (χ0n) is 31.9. The molecule has 5 nitrogen and oxygen atoms in total. The first kappa shape index (κ1) is 35.0. The summed E-state index contributed by atoms with van der Waals surface area (Å²) in [4.78, 5) is 14.8. The molecule has 0 fully saturated rings. The lowest BCUT2D eigenvalue weighted by atomic mass is 9.96. The molecule has 1 N–H and O–H groups in total. The van der Waals surface area contributed by atoms with E-state index in [4.69, 9.17) is 14.7 Å². The van der Waals surface area contributed by atoms with E-state index >= 15 is 0 Å². The van der Waals surface area contributed by atoms with Gasteiger partial charge in [-0.3, -0.25) is 0 Å². The molecule has 0 saturated heterocycles. The third-order valence-electron chi connectivity index (χ3n) is 10.8. The van der Waals surface area contributed by atoms with E-state index in [1.165, 1.54) is 0 Å². The highest BCUT2D eigenvalue weighted by Gasteiger charge is 2.25. The second-order valence-corrected chi connectivity index (χ2v) is 14.5. The number of aromatic amines is 1. The van der Waals surface area contributed by atoms with Crippen LogP contribution in [-0.2, 0) is 6.54 Å². The number of nitrogens with one attached hydrogen (secondary N) is 1. The fourth-order valence-electron chi connectivity index (χ4n) is 8.14. The highest BCUT2D eigenvalue weighted by Crippen LogP contribution is 2.38. The Bertz CT molecular complexity index is 2940. The number of aromatic nitrogens is 2. The fraction of sp³-hybridized carbons (Fsp3) is 0.0566. The van der Waals surface area contributed by atoms with Crippen LogP contribution >= 0.6 is 0 Å². The summed E-state index contributed by atoms with van der Waals surface area (Å²) >= 11 is 0. The molecule has 0 radical (unpaired) electrons. The summed E-state index contributed by atoms with van der Waals surface area (Å²) in [6.45, 7) is 1.33. The number of H-pyrrole nitrogens is 1. The van der Waals surface area contributed by atoms with Gasteiger partial charge in [-0.05, 0) is 83.3 Å². The number of ether oxygens (including phenoxy) is 1. The van der Waals surface area contributed by atoms with Crippen molar-refractivity contribution in [1.29, 1.82) is 0 Å². The van der Waals surface area contributed by atoms with Crippen LogP contribution in [0.2, 0.25) is 0 Å². The molecular weight excluding hydrogens is 709 g/mol. The Kier molecular flexibility index (Phi) is 9.38. The lowest BCUT2D eigenvalue weighted by molar-refractivity contribution is 0.301. The van der Waals surface area contributed by atoms with E-state index in [0.29, 0.717) is 6.61 Å². The monoisotopic (exact) mass is 748 g/mol. The average Bonchev–Trinajstić information content (AvgIpc) is 4.12. The summed E-state index contributed by atoms with van der Waals surface area (Å²) in [5.41, 5.74) is 14.4. The normalized spacial score (nSPS) is 14.6. The second-order valence-electron chi connectivity index (χ2n) is 14.5. The molecule has 5 heterocycles. The number of para-hydroxylation sites is 1. The smallest absolute Gasteiger partial charge is 0.119 e. The van der Waals surface area contributed by atoms with Gasteiger partial charge in [0.25, 0.3) is 0 Å². The van der Waals surface area contributed by atoms with Crippen LogP contribution < -0.4 is 15.4 Å². The van der Waals surface area contributed by atoms with Crippen LogP contribution in [0.1, 0.15) is 39.9 Å². The van der Waals surface area contributed by atoms with Crippen LogP contribution in [0, 0.1) is 0 Å². The minimum Gasteiger partial charge on any atom is -0.494 e. The van der Waals surface area contributed by atoms with Crippen molar-refractivity contribution in [1.82, 2.24) is 9.55 Å². The van der Waals surface area contributed by atoms with E-state index < -0.39 is 0 Å². The van der Waals surface area contributed by atoms with Crippen molar-refractivity contribution in [2.24, 2.45) is 9.98 Å². The van der Waals surface area contributed by atoms with Gasteiger partial charge in [0, 0.05) is 51.3 Å². The summed E-state index contributed by atoms with van der Waals surface area (Å²) in [6.07, 6.45) is 11.8. The summed E-state index contributed by atoms with van der Waals surface area (Å²) < 4.78 is 8.58. The van der Waals surface area contributed by atoms with Crippen LogP contribution in [0.4, 0.5) is 0 Å². The fourth-order valence-corrected chi connectivity index (χ4v) is 8.14. The Hall–Kier alpha value is -7.50. The maximum Gasteiger partial charge on any atom is 0.119 e. The summed E-state index contributed by atoms with van der Waals surface area (Å²) in [6, 6.07) is 59.1. The lowest BCUT2D eigenvalue weighted by Gasteiger charge is -2.15. The molecule has 10 rings (SSSR count). The van der Waals surface area contributed by atoms with Crippen molar-refractivity contribution in [2.75, 3.05) is 6.61 Å². The standard InChI is InChI=1S/C53H40N4O/c1-6-17-37(18-7-1)50-41-35-49(57(36-41)33-16-34-58-42-25-14-5-15-26-42)53(40-23-12-4-13-24-40)48-32-31-47(56-48)52(39-21-10-3-11-22-39)46-30-29-45(55-46)51(38-19-8-2-9-20-38)44-28-27-43(50)54-44/h1-15,17-32,35-36,55H,16,33-34H2. The molecule has 7 aromatic rings. The number of hydrogen-bond donors (Lipinski definition) is 1. The van der Waals surface area contributed by atoms with Gasteiger partial charge in [0.15, 0.2) is 0 Å². The number of fused-ring (bicyclic) bond motifs is 6. The van der Waals surface area contributed by atoms with E-state index in [-0.39, 0.29) is 0 Å². The van der Waals surface area contributed by atoms with Gasteiger partial charge < -0.3 is 14.3 Å². The van der Waals surface area contributed by atoms with Gasteiger partial charge in [0.05, 0.1) is 35.1 Å². The minimum absolute atomic E-state index is 0.588. The minimum atomic E-state index is 0.588. The first-order valence-electron chi connectivity index (χ1n) is 19.8.